The van der Waals surface area contributed by atoms with E-state index in [9.17, 15) is 14.9 Å². The normalized spacial score (nSPS) is 17.1. The summed E-state index contributed by atoms with van der Waals surface area (Å²) < 4.78 is 5.24. The van der Waals surface area contributed by atoms with Crippen LogP contribution >= 0.6 is 0 Å². The molecule has 0 aromatic rings. The van der Waals surface area contributed by atoms with Gasteiger partial charge in [0, 0.05) is 33.9 Å². The van der Waals surface area contributed by atoms with Gasteiger partial charge in [-0.25, -0.2) is 0 Å². The van der Waals surface area contributed by atoms with E-state index < -0.39 is 5.41 Å². The molecule has 2 amide bonds. The van der Waals surface area contributed by atoms with Gasteiger partial charge in [-0.05, 0) is 19.3 Å². The minimum absolute atomic E-state index is 0.0317. The van der Waals surface area contributed by atoms with E-state index in [0.29, 0.717) is 32.6 Å². The SMILES string of the molecule is CCCN(CC(=O)N(C)C)C(=O)C1(C#N)CCOCC1. The molecule has 1 rings (SSSR count). The summed E-state index contributed by atoms with van der Waals surface area (Å²) in [6.07, 6.45) is 1.56. The predicted octanol–water partition coefficient (Wildman–Crippen LogP) is 0.634. The van der Waals surface area contributed by atoms with Crippen molar-refractivity contribution in [2.75, 3.05) is 40.4 Å². The van der Waals surface area contributed by atoms with E-state index in [1.807, 2.05) is 6.92 Å². The number of nitriles is 1. The van der Waals surface area contributed by atoms with Crippen molar-refractivity contribution < 1.29 is 14.3 Å². The van der Waals surface area contributed by atoms with Crippen molar-refractivity contribution in [2.45, 2.75) is 26.2 Å². The first kappa shape index (κ1) is 16.4. The summed E-state index contributed by atoms with van der Waals surface area (Å²) in [5.41, 5.74) is -1.03. The highest BCUT2D eigenvalue weighted by molar-refractivity contribution is 5.89. The van der Waals surface area contributed by atoms with E-state index in [0.717, 1.165) is 6.42 Å². The molecule has 0 radical (unpaired) electrons. The van der Waals surface area contributed by atoms with E-state index >= 15 is 0 Å². The third-order valence-corrected chi connectivity index (χ3v) is 3.58. The highest BCUT2D eigenvalue weighted by atomic mass is 16.5. The molecular weight excluding hydrogens is 258 g/mol. The van der Waals surface area contributed by atoms with Crippen molar-refractivity contribution in [3.05, 3.63) is 0 Å². The fraction of sp³-hybridized carbons (Fsp3) is 0.786. The van der Waals surface area contributed by atoms with Crippen molar-refractivity contribution >= 4 is 11.8 Å². The van der Waals surface area contributed by atoms with Gasteiger partial charge in [0.05, 0.1) is 12.6 Å². The molecule has 0 atom stereocenters. The van der Waals surface area contributed by atoms with Gasteiger partial charge >= 0.3 is 0 Å². The molecule has 0 saturated carbocycles. The molecule has 6 nitrogen and oxygen atoms in total. The summed E-state index contributed by atoms with van der Waals surface area (Å²) in [5, 5.41) is 9.42. The zero-order chi connectivity index (χ0) is 15.2. The number of carbonyl (C=O) groups excluding carboxylic acids is 2. The fourth-order valence-electron chi connectivity index (χ4n) is 2.22. The molecule has 0 N–H and O–H groups in total. The minimum atomic E-state index is -1.03. The van der Waals surface area contributed by atoms with Crippen molar-refractivity contribution in [1.29, 1.82) is 5.26 Å². The van der Waals surface area contributed by atoms with E-state index in [1.54, 1.807) is 14.1 Å². The van der Waals surface area contributed by atoms with Crippen LogP contribution in [0.15, 0.2) is 0 Å². The average molecular weight is 281 g/mol. The van der Waals surface area contributed by atoms with Gasteiger partial charge in [0.1, 0.15) is 5.41 Å². The van der Waals surface area contributed by atoms with Crippen LogP contribution in [0.5, 0.6) is 0 Å². The molecule has 1 aliphatic rings. The van der Waals surface area contributed by atoms with Gasteiger partial charge in [-0.3, -0.25) is 9.59 Å². The Kier molecular flexibility index (Phi) is 5.96. The Labute approximate surface area is 120 Å². The van der Waals surface area contributed by atoms with Gasteiger partial charge in [0.25, 0.3) is 0 Å². The zero-order valence-electron chi connectivity index (χ0n) is 12.5. The summed E-state index contributed by atoms with van der Waals surface area (Å²) >= 11 is 0. The lowest BCUT2D eigenvalue weighted by atomic mass is 9.80. The number of nitrogens with zero attached hydrogens (tertiary/aromatic N) is 3. The summed E-state index contributed by atoms with van der Waals surface area (Å²) in [6.45, 7) is 3.30. The number of hydrogen-bond donors (Lipinski definition) is 0. The third kappa shape index (κ3) is 3.70. The Morgan fingerprint density at radius 2 is 1.90 bits per heavy atom. The molecule has 0 bridgehead atoms. The van der Waals surface area contributed by atoms with Crippen molar-refractivity contribution in [3.8, 4) is 6.07 Å². The monoisotopic (exact) mass is 281 g/mol. The zero-order valence-corrected chi connectivity index (χ0v) is 12.5. The highest BCUT2D eigenvalue weighted by Gasteiger charge is 2.43. The quantitative estimate of drug-likeness (QED) is 0.741. The Morgan fingerprint density at radius 3 is 2.35 bits per heavy atom. The standard InChI is InChI=1S/C14H23N3O3/c1-4-7-17(10-12(18)16(2)3)13(19)14(11-15)5-8-20-9-6-14/h4-10H2,1-3H3. The molecular formula is C14H23N3O3. The van der Waals surface area contributed by atoms with Crippen LogP contribution in [0.4, 0.5) is 0 Å². The van der Waals surface area contributed by atoms with Crippen LogP contribution < -0.4 is 0 Å². The lowest BCUT2D eigenvalue weighted by Crippen LogP contribution is -2.49. The Hall–Kier alpha value is -1.61. The maximum atomic E-state index is 12.7. The van der Waals surface area contributed by atoms with Crippen LogP contribution in [0.25, 0.3) is 0 Å². The maximum absolute atomic E-state index is 12.7. The van der Waals surface area contributed by atoms with Gasteiger partial charge in [0.2, 0.25) is 11.8 Å². The van der Waals surface area contributed by atoms with Crippen molar-refractivity contribution in [2.24, 2.45) is 5.41 Å². The molecule has 1 saturated heterocycles. The molecule has 1 fully saturated rings. The second kappa shape index (κ2) is 7.25. The molecule has 0 unspecified atom stereocenters. The first-order chi connectivity index (χ1) is 9.46. The Balaban J connectivity index is 2.86. The number of likely N-dealkylation sites (N-methyl/N-ethyl adjacent to an activating group) is 1. The van der Waals surface area contributed by atoms with Gasteiger partial charge in [-0.2, -0.15) is 5.26 Å². The topological polar surface area (TPSA) is 73.6 Å². The molecule has 0 spiro atoms. The van der Waals surface area contributed by atoms with Gasteiger partial charge < -0.3 is 14.5 Å². The third-order valence-electron chi connectivity index (χ3n) is 3.58. The molecule has 6 heteroatoms. The van der Waals surface area contributed by atoms with Gasteiger partial charge in [0.15, 0.2) is 0 Å². The van der Waals surface area contributed by atoms with Crippen LogP contribution in [-0.2, 0) is 14.3 Å². The fourth-order valence-corrected chi connectivity index (χ4v) is 2.22. The lowest BCUT2D eigenvalue weighted by Gasteiger charge is -2.34. The molecule has 20 heavy (non-hydrogen) atoms. The second-order valence-corrected chi connectivity index (χ2v) is 5.32. The minimum Gasteiger partial charge on any atom is -0.381 e. The van der Waals surface area contributed by atoms with Crippen molar-refractivity contribution in [1.82, 2.24) is 9.80 Å². The number of rotatable bonds is 5. The molecule has 0 aromatic carbocycles. The van der Waals surface area contributed by atoms with Crippen LogP contribution in [0.2, 0.25) is 0 Å². The van der Waals surface area contributed by atoms with Crippen LogP contribution in [0.1, 0.15) is 26.2 Å². The number of ether oxygens (including phenoxy) is 1. The Bertz CT molecular complexity index is 395. The largest absolute Gasteiger partial charge is 0.381 e. The summed E-state index contributed by atoms with van der Waals surface area (Å²) in [5.74, 6) is -0.368. The van der Waals surface area contributed by atoms with Crippen LogP contribution in [-0.4, -0.2) is 62.0 Å². The molecule has 0 aromatic heterocycles. The summed E-state index contributed by atoms with van der Waals surface area (Å²) in [7, 11) is 3.32. The highest BCUT2D eigenvalue weighted by Crippen LogP contribution is 2.32. The first-order valence-electron chi connectivity index (χ1n) is 6.95. The van der Waals surface area contributed by atoms with Crippen LogP contribution in [0, 0.1) is 16.7 Å². The lowest BCUT2D eigenvalue weighted by molar-refractivity contribution is -0.147. The van der Waals surface area contributed by atoms with Crippen LogP contribution in [0.3, 0.4) is 0 Å². The number of amides is 2. The smallest absolute Gasteiger partial charge is 0.243 e. The average Bonchev–Trinajstić information content (AvgIpc) is 2.46. The predicted molar refractivity (Wildman–Crippen MR) is 73.7 cm³/mol. The second-order valence-electron chi connectivity index (χ2n) is 5.32. The van der Waals surface area contributed by atoms with E-state index in [1.165, 1.54) is 9.80 Å². The maximum Gasteiger partial charge on any atom is 0.243 e. The first-order valence-corrected chi connectivity index (χ1v) is 6.95. The summed E-state index contributed by atoms with van der Waals surface area (Å²) in [6, 6.07) is 2.16. The molecule has 1 aliphatic heterocycles. The summed E-state index contributed by atoms with van der Waals surface area (Å²) in [4.78, 5) is 27.5. The van der Waals surface area contributed by atoms with E-state index in [2.05, 4.69) is 6.07 Å². The Morgan fingerprint density at radius 1 is 1.30 bits per heavy atom. The molecule has 112 valence electrons. The van der Waals surface area contributed by atoms with Crippen molar-refractivity contribution in [3.63, 3.8) is 0 Å². The number of hydrogen-bond acceptors (Lipinski definition) is 4. The molecule has 1 heterocycles. The van der Waals surface area contributed by atoms with Gasteiger partial charge in [-0.15, -0.1) is 0 Å². The molecule has 0 aliphatic carbocycles. The van der Waals surface area contributed by atoms with Gasteiger partial charge in [-0.1, -0.05) is 6.92 Å². The van der Waals surface area contributed by atoms with E-state index in [4.69, 9.17) is 4.74 Å². The number of carbonyl (C=O) groups is 2. The van der Waals surface area contributed by atoms with E-state index in [-0.39, 0.29) is 18.4 Å².